The summed E-state index contributed by atoms with van der Waals surface area (Å²) in [6.45, 7) is -0.126. The van der Waals surface area contributed by atoms with Gasteiger partial charge in [0, 0.05) is 0 Å². The Bertz CT molecular complexity index is 118. The first-order valence-corrected chi connectivity index (χ1v) is 4.31. The highest BCUT2D eigenvalue weighted by Gasteiger charge is 2.13. The molecule has 1 fully saturated rings. The van der Waals surface area contributed by atoms with Crippen LogP contribution in [0.15, 0.2) is 0 Å². The lowest BCUT2D eigenvalue weighted by molar-refractivity contribution is 0.144. The van der Waals surface area contributed by atoms with Crippen LogP contribution in [0.1, 0.15) is 0 Å². The van der Waals surface area contributed by atoms with Crippen LogP contribution in [-0.2, 0) is 30.5 Å². The maximum atomic E-state index is 10.3. The monoisotopic (exact) mass is 156 g/mol. The molecular formula is C2H4O4S2. The standard InChI is InChI=1S/C2H4O4S2/c3-7-2-8(4)6-1-5-7/h1-2H2. The molecule has 2 unspecified atom stereocenters. The molecule has 8 heavy (non-hydrogen) atoms. The van der Waals surface area contributed by atoms with E-state index in [2.05, 4.69) is 8.37 Å². The van der Waals surface area contributed by atoms with Gasteiger partial charge in [-0.15, -0.1) is 0 Å². The third-order valence-corrected chi connectivity index (χ3v) is 2.81. The third kappa shape index (κ3) is 1.62. The zero-order chi connectivity index (χ0) is 5.98. The first-order valence-electron chi connectivity index (χ1n) is 1.82. The molecule has 1 aliphatic heterocycles. The molecule has 1 rings (SSSR count). The van der Waals surface area contributed by atoms with Gasteiger partial charge in [0.15, 0.2) is 34.0 Å². The van der Waals surface area contributed by atoms with E-state index in [1.54, 1.807) is 0 Å². The van der Waals surface area contributed by atoms with Crippen LogP contribution in [0.2, 0.25) is 0 Å². The molecule has 1 heterocycles. The van der Waals surface area contributed by atoms with Gasteiger partial charge in [0.2, 0.25) is 0 Å². The third-order valence-electron chi connectivity index (χ3n) is 0.552. The topological polar surface area (TPSA) is 52.6 Å². The average molecular weight is 156 g/mol. The van der Waals surface area contributed by atoms with Crippen LogP contribution in [0.3, 0.4) is 0 Å². The second-order valence-electron chi connectivity index (χ2n) is 1.08. The van der Waals surface area contributed by atoms with Crippen molar-refractivity contribution in [2.75, 3.05) is 11.9 Å². The van der Waals surface area contributed by atoms with Crippen LogP contribution in [0.4, 0.5) is 0 Å². The molecule has 2 atom stereocenters. The van der Waals surface area contributed by atoms with Crippen LogP contribution in [0, 0.1) is 0 Å². The summed E-state index contributed by atoms with van der Waals surface area (Å²) in [5.41, 5.74) is 0. The summed E-state index contributed by atoms with van der Waals surface area (Å²) in [6.07, 6.45) is 0. The molecule has 4 nitrogen and oxygen atoms in total. The van der Waals surface area contributed by atoms with Gasteiger partial charge >= 0.3 is 0 Å². The molecule has 0 saturated carbocycles. The largest absolute Gasteiger partial charge is 0.260 e. The summed E-state index contributed by atoms with van der Waals surface area (Å²) in [5, 5.41) is -0.0278. The number of hydrogen-bond donors (Lipinski definition) is 0. The molecule has 0 bridgehead atoms. The molecule has 0 spiro atoms. The van der Waals surface area contributed by atoms with E-state index in [1.165, 1.54) is 0 Å². The maximum absolute atomic E-state index is 10.3. The van der Waals surface area contributed by atoms with Gasteiger partial charge in [-0.3, -0.25) is 8.37 Å². The Hall–Kier alpha value is 0.220. The van der Waals surface area contributed by atoms with Crippen molar-refractivity contribution in [2.45, 2.75) is 0 Å². The van der Waals surface area contributed by atoms with Gasteiger partial charge in [0.1, 0.15) is 0 Å². The molecular weight excluding hydrogens is 152 g/mol. The first kappa shape index (κ1) is 6.34. The van der Waals surface area contributed by atoms with Gasteiger partial charge in [-0.1, -0.05) is 0 Å². The van der Waals surface area contributed by atoms with Crippen molar-refractivity contribution in [3.63, 3.8) is 0 Å². The quantitative estimate of drug-likeness (QED) is 0.464. The molecule has 0 aromatic carbocycles. The van der Waals surface area contributed by atoms with E-state index in [-0.39, 0.29) is 11.9 Å². The highest BCUT2D eigenvalue weighted by molar-refractivity contribution is 7.97. The molecule has 6 heteroatoms. The van der Waals surface area contributed by atoms with E-state index >= 15 is 0 Å². The lowest BCUT2D eigenvalue weighted by atomic mass is 11.6. The molecule has 0 aliphatic carbocycles. The molecule has 0 radical (unpaired) electrons. The maximum Gasteiger partial charge on any atom is 0.178 e. The highest BCUT2D eigenvalue weighted by atomic mass is 32.3. The van der Waals surface area contributed by atoms with Gasteiger partial charge in [0.25, 0.3) is 0 Å². The van der Waals surface area contributed by atoms with E-state index in [0.29, 0.717) is 0 Å². The predicted molar refractivity (Wildman–Crippen MR) is 28.2 cm³/mol. The van der Waals surface area contributed by atoms with Gasteiger partial charge in [0.05, 0.1) is 0 Å². The zero-order valence-electron chi connectivity index (χ0n) is 3.86. The van der Waals surface area contributed by atoms with Crippen molar-refractivity contribution in [3.05, 3.63) is 0 Å². The van der Waals surface area contributed by atoms with Crippen LogP contribution in [0.25, 0.3) is 0 Å². The fourth-order valence-corrected chi connectivity index (χ4v) is 1.82. The number of rotatable bonds is 0. The van der Waals surface area contributed by atoms with Crippen LogP contribution in [0.5, 0.6) is 0 Å². The van der Waals surface area contributed by atoms with Gasteiger partial charge in [-0.2, -0.15) is 0 Å². The summed E-state index contributed by atoms with van der Waals surface area (Å²) in [6, 6.07) is 0. The average Bonchev–Trinajstić information content (AvgIpc) is 1.64. The molecule has 48 valence electrons. The predicted octanol–water partition coefficient (Wildman–Crippen LogP) is -0.724. The normalized spacial score (nSPS) is 39.5. The summed E-state index contributed by atoms with van der Waals surface area (Å²) >= 11 is -2.79. The SMILES string of the molecule is O=S1CS(=O)OCO1. The fourth-order valence-electron chi connectivity index (χ4n) is 0.274. The summed E-state index contributed by atoms with van der Waals surface area (Å²) in [5.74, 6) is 0. The zero-order valence-corrected chi connectivity index (χ0v) is 5.50. The Kier molecular flexibility index (Phi) is 2.12. The molecule has 1 aliphatic rings. The van der Waals surface area contributed by atoms with Crippen molar-refractivity contribution in [1.82, 2.24) is 0 Å². The van der Waals surface area contributed by atoms with Gasteiger partial charge < -0.3 is 0 Å². The highest BCUT2D eigenvalue weighted by Crippen LogP contribution is 2.00. The molecule has 0 aromatic heterocycles. The van der Waals surface area contributed by atoms with E-state index in [9.17, 15) is 8.42 Å². The summed E-state index contributed by atoms with van der Waals surface area (Å²) in [4.78, 5) is 0. The Balaban J connectivity index is 2.45. The van der Waals surface area contributed by atoms with Crippen molar-refractivity contribution >= 4 is 22.2 Å². The van der Waals surface area contributed by atoms with Crippen molar-refractivity contribution in [1.29, 1.82) is 0 Å². The summed E-state index contributed by atoms with van der Waals surface area (Å²) < 4.78 is 29.4. The Labute approximate surface area is 51.5 Å². The van der Waals surface area contributed by atoms with Gasteiger partial charge in [-0.25, -0.2) is 8.42 Å². The molecule has 1 saturated heterocycles. The second-order valence-corrected chi connectivity index (χ2v) is 3.71. The molecule has 0 aromatic rings. The van der Waals surface area contributed by atoms with E-state index in [0.717, 1.165) is 0 Å². The van der Waals surface area contributed by atoms with E-state index in [1.807, 2.05) is 0 Å². The lowest BCUT2D eigenvalue weighted by Gasteiger charge is -2.07. The lowest BCUT2D eigenvalue weighted by Crippen LogP contribution is -2.18. The van der Waals surface area contributed by atoms with Crippen LogP contribution >= 0.6 is 0 Å². The first-order chi connectivity index (χ1) is 3.79. The number of hydrogen-bond acceptors (Lipinski definition) is 4. The van der Waals surface area contributed by atoms with Crippen molar-refractivity contribution < 1.29 is 16.8 Å². The fraction of sp³-hybridized carbons (Fsp3) is 1.00. The van der Waals surface area contributed by atoms with Crippen LogP contribution in [-0.4, -0.2) is 20.3 Å². The van der Waals surface area contributed by atoms with Crippen LogP contribution < -0.4 is 0 Å². The minimum Gasteiger partial charge on any atom is -0.260 e. The smallest absolute Gasteiger partial charge is 0.178 e. The Morgan fingerprint density at radius 3 is 1.88 bits per heavy atom. The van der Waals surface area contributed by atoms with E-state index < -0.39 is 22.2 Å². The Morgan fingerprint density at radius 2 is 1.62 bits per heavy atom. The summed E-state index contributed by atoms with van der Waals surface area (Å²) in [7, 11) is 0. The van der Waals surface area contributed by atoms with Crippen molar-refractivity contribution in [3.8, 4) is 0 Å². The minimum atomic E-state index is -1.40. The molecule has 0 amide bonds. The second kappa shape index (κ2) is 2.67. The Morgan fingerprint density at radius 1 is 1.12 bits per heavy atom. The van der Waals surface area contributed by atoms with Gasteiger partial charge in [-0.05, 0) is 0 Å². The molecule has 0 N–H and O–H groups in total. The van der Waals surface area contributed by atoms with Crippen molar-refractivity contribution in [2.24, 2.45) is 0 Å². The van der Waals surface area contributed by atoms with E-state index in [4.69, 9.17) is 0 Å². The minimum absolute atomic E-state index is 0.0278.